The third kappa shape index (κ3) is 3.16. The summed E-state index contributed by atoms with van der Waals surface area (Å²) >= 11 is 0. The summed E-state index contributed by atoms with van der Waals surface area (Å²) in [6, 6.07) is 0.482. The lowest BCUT2D eigenvalue weighted by Crippen LogP contribution is -2.34. The van der Waals surface area contributed by atoms with Gasteiger partial charge in [-0.1, -0.05) is 13.8 Å². The van der Waals surface area contributed by atoms with E-state index in [0.29, 0.717) is 18.5 Å². The second-order valence-electron chi connectivity index (χ2n) is 3.15. The third-order valence-corrected chi connectivity index (χ3v) is 2.10. The quantitative estimate of drug-likeness (QED) is 0.587. The Hall–Kier alpha value is -0.110. The van der Waals surface area contributed by atoms with Crippen LogP contribution in [0.2, 0.25) is 0 Å². The van der Waals surface area contributed by atoms with Crippen molar-refractivity contribution >= 4 is 0 Å². The Balaban J connectivity index is 3.58. The van der Waals surface area contributed by atoms with Crippen molar-refractivity contribution in [2.75, 3.05) is 20.3 Å². The minimum atomic E-state index is -0.242. The van der Waals surface area contributed by atoms with Gasteiger partial charge in [0.1, 0.15) is 6.67 Å². The Labute approximate surface area is 63.2 Å². The van der Waals surface area contributed by atoms with Gasteiger partial charge in [0, 0.05) is 12.6 Å². The van der Waals surface area contributed by atoms with Crippen molar-refractivity contribution in [3.63, 3.8) is 0 Å². The van der Waals surface area contributed by atoms with Gasteiger partial charge in [0.2, 0.25) is 0 Å². The molecular formula is C8H18FN. The van der Waals surface area contributed by atoms with Crippen LogP contribution in [-0.4, -0.2) is 31.2 Å². The first kappa shape index (κ1) is 9.89. The highest BCUT2D eigenvalue weighted by Gasteiger charge is 2.11. The lowest BCUT2D eigenvalue weighted by molar-refractivity contribution is 0.193. The Morgan fingerprint density at radius 1 is 1.30 bits per heavy atom. The van der Waals surface area contributed by atoms with Crippen molar-refractivity contribution in [1.82, 2.24) is 4.90 Å². The van der Waals surface area contributed by atoms with Crippen molar-refractivity contribution in [2.24, 2.45) is 5.92 Å². The fraction of sp³-hybridized carbons (Fsp3) is 1.00. The summed E-state index contributed by atoms with van der Waals surface area (Å²) < 4.78 is 11.8. The molecule has 0 rings (SSSR count). The van der Waals surface area contributed by atoms with E-state index < -0.39 is 0 Å². The number of rotatable bonds is 4. The molecule has 0 fully saturated rings. The van der Waals surface area contributed by atoms with E-state index in [0.717, 1.165) is 0 Å². The smallest absolute Gasteiger partial charge is 0.102 e. The third-order valence-electron chi connectivity index (χ3n) is 2.10. The van der Waals surface area contributed by atoms with Crippen LogP contribution in [0.25, 0.3) is 0 Å². The van der Waals surface area contributed by atoms with E-state index in [1.807, 2.05) is 11.9 Å². The molecular weight excluding hydrogens is 129 g/mol. The molecule has 1 nitrogen and oxygen atoms in total. The zero-order chi connectivity index (χ0) is 8.15. The van der Waals surface area contributed by atoms with Gasteiger partial charge in [0.05, 0.1) is 0 Å². The lowest BCUT2D eigenvalue weighted by Gasteiger charge is -2.26. The van der Waals surface area contributed by atoms with Gasteiger partial charge in [-0.15, -0.1) is 0 Å². The highest BCUT2D eigenvalue weighted by molar-refractivity contribution is 4.65. The van der Waals surface area contributed by atoms with Gasteiger partial charge >= 0.3 is 0 Å². The van der Waals surface area contributed by atoms with Crippen LogP contribution in [0, 0.1) is 5.92 Å². The van der Waals surface area contributed by atoms with Crippen molar-refractivity contribution in [3.8, 4) is 0 Å². The molecule has 0 saturated heterocycles. The van der Waals surface area contributed by atoms with Gasteiger partial charge in [-0.3, -0.25) is 0 Å². The van der Waals surface area contributed by atoms with Crippen LogP contribution in [0.3, 0.4) is 0 Å². The summed E-state index contributed by atoms with van der Waals surface area (Å²) in [7, 11) is 1.96. The van der Waals surface area contributed by atoms with Crippen molar-refractivity contribution in [1.29, 1.82) is 0 Å². The standard InChI is InChI=1S/C8H18FN/c1-7(2)8(3)10(4)6-5-9/h7-8H,5-6H2,1-4H3. The summed E-state index contributed by atoms with van der Waals surface area (Å²) in [6.45, 7) is 6.74. The first-order valence-corrected chi connectivity index (χ1v) is 3.85. The summed E-state index contributed by atoms with van der Waals surface area (Å²) in [6.07, 6.45) is 0. The minimum absolute atomic E-state index is 0.242. The Bertz CT molecular complexity index is 83.3. The second kappa shape index (κ2) is 4.67. The fourth-order valence-electron chi connectivity index (χ4n) is 0.846. The maximum atomic E-state index is 11.8. The molecule has 0 radical (unpaired) electrons. The molecule has 0 heterocycles. The largest absolute Gasteiger partial charge is 0.301 e. The van der Waals surface area contributed by atoms with E-state index in [1.54, 1.807) is 0 Å². The van der Waals surface area contributed by atoms with Crippen LogP contribution in [0.4, 0.5) is 4.39 Å². The Morgan fingerprint density at radius 2 is 1.80 bits per heavy atom. The van der Waals surface area contributed by atoms with Crippen molar-refractivity contribution < 1.29 is 4.39 Å². The summed E-state index contributed by atoms with van der Waals surface area (Å²) in [5, 5.41) is 0. The molecule has 0 aliphatic carbocycles. The minimum Gasteiger partial charge on any atom is -0.301 e. The molecule has 0 aromatic heterocycles. The first-order chi connectivity index (χ1) is 4.59. The van der Waals surface area contributed by atoms with E-state index in [4.69, 9.17) is 0 Å². The predicted molar refractivity (Wildman–Crippen MR) is 42.9 cm³/mol. The molecule has 0 aromatic rings. The molecule has 1 unspecified atom stereocenters. The zero-order valence-corrected chi connectivity index (χ0v) is 7.39. The number of hydrogen-bond acceptors (Lipinski definition) is 1. The summed E-state index contributed by atoms with van der Waals surface area (Å²) in [5.74, 6) is 0.608. The van der Waals surface area contributed by atoms with E-state index in [-0.39, 0.29) is 6.67 Å². The average molecular weight is 147 g/mol. The average Bonchev–Trinajstić information content (AvgIpc) is 1.87. The molecule has 0 aliphatic heterocycles. The maximum absolute atomic E-state index is 11.8. The van der Waals surface area contributed by atoms with Gasteiger partial charge in [0.25, 0.3) is 0 Å². The SMILES string of the molecule is CC(C)C(C)N(C)CCF. The normalized spacial score (nSPS) is 14.7. The van der Waals surface area contributed by atoms with E-state index >= 15 is 0 Å². The van der Waals surface area contributed by atoms with Gasteiger partial charge < -0.3 is 4.90 Å². The molecule has 0 spiro atoms. The Kier molecular flexibility index (Phi) is 4.62. The fourth-order valence-corrected chi connectivity index (χ4v) is 0.846. The second-order valence-corrected chi connectivity index (χ2v) is 3.15. The maximum Gasteiger partial charge on any atom is 0.102 e. The topological polar surface area (TPSA) is 3.24 Å². The number of nitrogens with zero attached hydrogens (tertiary/aromatic N) is 1. The molecule has 0 amide bonds. The molecule has 62 valence electrons. The molecule has 10 heavy (non-hydrogen) atoms. The van der Waals surface area contributed by atoms with Gasteiger partial charge in [-0.05, 0) is 19.9 Å². The van der Waals surface area contributed by atoms with Gasteiger partial charge in [-0.25, -0.2) is 4.39 Å². The zero-order valence-electron chi connectivity index (χ0n) is 7.39. The van der Waals surface area contributed by atoms with E-state index in [1.165, 1.54) is 0 Å². The highest BCUT2D eigenvalue weighted by Crippen LogP contribution is 2.06. The first-order valence-electron chi connectivity index (χ1n) is 3.85. The molecule has 0 N–H and O–H groups in total. The van der Waals surface area contributed by atoms with E-state index in [2.05, 4.69) is 20.8 Å². The van der Waals surface area contributed by atoms with Gasteiger partial charge in [-0.2, -0.15) is 0 Å². The van der Waals surface area contributed by atoms with Gasteiger partial charge in [0.15, 0.2) is 0 Å². The summed E-state index contributed by atoms with van der Waals surface area (Å²) in [4.78, 5) is 2.05. The molecule has 0 saturated carbocycles. The number of halogens is 1. The summed E-state index contributed by atoms with van der Waals surface area (Å²) in [5.41, 5.74) is 0. The molecule has 0 aromatic carbocycles. The van der Waals surface area contributed by atoms with Crippen molar-refractivity contribution in [2.45, 2.75) is 26.8 Å². The van der Waals surface area contributed by atoms with Crippen LogP contribution < -0.4 is 0 Å². The number of alkyl halides is 1. The molecule has 0 bridgehead atoms. The van der Waals surface area contributed by atoms with E-state index in [9.17, 15) is 4.39 Å². The molecule has 0 aliphatic rings. The van der Waals surface area contributed by atoms with Crippen LogP contribution in [-0.2, 0) is 0 Å². The van der Waals surface area contributed by atoms with Crippen LogP contribution in [0.1, 0.15) is 20.8 Å². The van der Waals surface area contributed by atoms with Crippen LogP contribution >= 0.6 is 0 Å². The monoisotopic (exact) mass is 147 g/mol. The highest BCUT2D eigenvalue weighted by atomic mass is 19.1. The van der Waals surface area contributed by atoms with Crippen LogP contribution in [0.5, 0.6) is 0 Å². The number of hydrogen-bond donors (Lipinski definition) is 0. The van der Waals surface area contributed by atoms with Crippen LogP contribution in [0.15, 0.2) is 0 Å². The van der Waals surface area contributed by atoms with Crippen molar-refractivity contribution in [3.05, 3.63) is 0 Å². The predicted octanol–water partition coefficient (Wildman–Crippen LogP) is 1.93. The molecule has 1 atom stereocenters. The Morgan fingerprint density at radius 3 is 2.10 bits per heavy atom. The molecule has 2 heteroatoms. The lowest BCUT2D eigenvalue weighted by atomic mass is 10.1.